The summed E-state index contributed by atoms with van der Waals surface area (Å²) in [5, 5.41) is 1.90. The first kappa shape index (κ1) is 25.2. The fraction of sp³-hybridized carbons (Fsp3) is 0.400. The minimum atomic E-state index is -0.392. The molecule has 0 fully saturated rings. The van der Waals surface area contributed by atoms with Crippen LogP contribution in [0.5, 0.6) is 0 Å². The van der Waals surface area contributed by atoms with Gasteiger partial charge in [-0.05, 0) is 42.7 Å². The number of benzene rings is 2. The number of methoxy groups -OCH3 is 1. The van der Waals surface area contributed by atoms with E-state index in [1.807, 2.05) is 36.4 Å². The van der Waals surface area contributed by atoms with E-state index in [0.29, 0.717) is 62.8 Å². The van der Waals surface area contributed by atoms with E-state index in [1.54, 1.807) is 6.07 Å². The Morgan fingerprint density at radius 1 is 0.970 bits per heavy atom. The number of hydrogen-bond donors (Lipinski definition) is 0. The summed E-state index contributed by atoms with van der Waals surface area (Å²) in [4.78, 5) is 31.1. The third kappa shape index (κ3) is 6.79. The van der Waals surface area contributed by atoms with Gasteiger partial charge in [0.15, 0.2) is 0 Å². The molecule has 3 aromatic rings. The molecule has 3 rings (SSSR count). The number of carbonyl (C=O) groups excluding carboxylic acids is 2. The number of pyridine rings is 1. The van der Waals surface area contributed by atoms with Crippen LogP contribution >= 0.6 is 23.2 Å². The molecule has 0 spiro atoms. The zero-order valence-electron chi connectivity index (χ0n) is 18.7. The van der Waals surface area contributed by atoms with Gasteiger partial charge in [0.05, 0.1) is 23.7 Å². The van der Waals surface area contributed by atoms with Gasteiger partial charge in [0.2, 0.25) is 0 Å². The van der Waals surface area contributed by atoms with Crippen LogP contribution in [0.15, 0.2) is 42.5 Å². The summed E-state index contributed by atoms with van der Waals surface area (Å²) in [6, 6.07) is 13.3. The number of hydrogen-bond acceptors (Lipinski definition) is 6. The quantitative estimate of drug-likeness (QED) is 0.206. The van der Waals surface area contributed by atoms with E-state index in [0.717, 1.165) is 27.4 Å². The summed E-state index contributed by atoms with van der Waals surface area (Å²) in [6.45, 7) is 2.35. The lowest BCUT2D eigenvalue weighted by Crippen LogP contribution is -2.31. The van der Waals surface area contributed by atoms with Gasteiger partial charge in [0.1, 0.15) is 6.61 Å². The van der Waals surface area contributed by atoms with Crippen LogP contribution in [0.1, 0.15) is 28.8 Å². The standard InChI is InChI=1S/C25H28Cl2N2O4/c1-32-25(31)18-9-10-23-21(17-18)19(20-5-2-3-7-22(20)28-23)6-4-8-24(30)33-16-15-29(13-11-26)14-12-27/h2-3,5,7,9-10,17H,4,6,8,11-16H2,1H3. The largest absolute Gasteiger partial charge is 0.465 e. The summed E-state index contributed by atoms with van der Waals surface area (Å²) in [7, 11) is 1.36. The molecule has 1 heterocycles. The van der Waals surface area contributed by atoms with E-state index >= 15 is 0 Å². The molecule has 0 saturated heterocycles. The van der Waals surface area contributed by atoms with Crippen LogP contribution in [0.25, 0.3) is 21.8 Å². The molecule has 6 nitrogen and oxygen atoms in total. The van der Waals surface area contributed by atoms with Crippen LogP contribution < -0.4 is 0 Å². The van der Waals surface area contributed by atoms with Gasteiger partial charge in [-0.15, -0.1) is 23.2 Å². The van der Waals surface area contributed by atoms with Gasteiger partial charge in [0, 0.05) is 48.6 Å². The Morgan fingerprint density at radius 2 is 1.70 bits per heavy atom. The van der Waals surface area contributed by atoms with Gasteiger partial charge >= 0.3 is 11.9 Å². The maximum Gasteiger partial charge on any atom is 0.337 e. The number of rotatable bonds is 12. The highest BCUT2D eigenvalue weighted by Crippen LogP contribution is 2.28. The molecular weight excluding hydrogens is 463 g/mol. The van der Waals surface area contributed by atoms with Crippen molar-refractivity contribution in [2.45, 2.75) is 19.3 Å². The molecular formula is C25H28Cl2N2O4. The molecule has 0 amide bonds. The number of ether oxygens (including phenoxy) is 2. The number of aromatic nitrogens is 1. The number of alkyl halides is 2. The van der Waals surface area contributed by atoms with Crippen LogP contribution in [0.4, 0.5) is 0 Å². The molecule has 176 valence electrons. The van der Waals surface area contributed by atoms with Crippen molar-refractivity contribution < 1.29 is 19.1 Å². The van der Waals surface area contributed by atoms with Crippen LogP contribution in [0.3, 0.4) is 0 Å². The Kier molecular flexibility index (Phi) is 9.73. The molecule has 0 radical (unpaired) electrons. The molecule has 8 heteroatoms. The molecule has 0 saturated carbocycles. The van der Waals surface area contributed by atoms with E-state index in [2.05, 4.69) is 4.90 Å². The van der Waals surface area contributed by atoms with Gasteiger partial charge in [-0.2, -0.15) is 0 Å². The van der Waals surface area contributed by atoms with Crippen molar-refractivity contribution in [1.29, 1.82) is 0 Å². The van der Waals surface area contributed by atoms with E-state index in [-0.39, 0.29) is 5.97 Å². The Labute approximate surface area is 203 Å². The first-order chi connectivity index (χ1) is 16.1. The molecule has 2 aromatic carbocycles. The molecule has 0 atom stereocenters. The van der Waals surface area contributed by atoms with Crippen molar-refractivity contribution >= 4 is 56.9 Å². The van der Waals surface area contributed by atoms with Crippen molar-refractivity contribution in [3.05, 3.63) is 53.6 Å². The molecule has 0 aliphatic rings. The zero-order chi connectivity index (χ0) is 23.6. The number of halogens is 2. The number of fused-ring (bicyclic) bond motifs is 2. The summed E-state index contributed by atoms with van der Waals surface area (Å²) >= 11 is 11.6. The highest BCUT2D eigenvalue weighted by molar-refractivity contribution is 6.18. The lowest BCUT2D eigenvalue weighted by atomic mass is 9.97. The zero-order valence-corrected chi connectivity index (χ0v) is 20.2. The van der Waals surface area contributed by atoms with Crippen molar-refractivity contribution in [1.82, 2.24) is 9.88 Å². The predicted molar refractivity (Wildman–Crippen MR) is 132 cm³/mol. The number of para-hydroxylation sites is 1. The smallest absolute Gasteiger partial charge is 0.337 e. The molecule has 0 aliphatic heterocycles. The van der Waals surface area contributed by atoms with Crippen LogP contribution in [0, 0.1) is 0 Å². The van der Waals surface area contributed by atoms with E-state index in [4.69, 9.17) is 37.7 Å². The van der Waals surface area contributed by atoms with E-state index in [9.17, 15) is 9.59 Å². The van der Waals surface area contributed by atoms with Crippen LogP contribution in [-0.2, 0) is 20.7 Å². The van der Waals surface area contributed by atoms with Gasteiger partial charge in [0.25, 0.3) is 0 Å². The Hall–Kier alpha value is -2.41. The highest BCUT2D eigenvalue weighted by atomic mass is 35.5. The number of aryl methyl sites for hydroxylation is 1. The Bertz CT molecular complexity index is 1100. The second-order valence-electron chi connectivity index (χ2n) is 7.62. The van der Waals surface area contributed by atoms with Crippen molar-refractivity contribution in [2.24, 2.45) is 0 Å². The third-order valence-corrected chi connectivity index (χ3v) is 5.83. The third-order valence-electron chi connectivity index (χ3n) is 5.49. The van der Waals surface area contributed by atoms with Crippen molar-refractivity contribution in [3.8, 4) is 0 Å². The summed E-state index contributed by atoms with van der Waals surface area (Å²) in [5.74, 6) is 0.397. The summed E-state index contributed by atoms with van der Waals surface area (Å²) in [6.07, 6.45) is 1.58. The molecule has 1 aromatic heterocycles. The maximum atomic E-state index is 12.3. The summed E-state index contributed by atoms with van der Waals surface area (Å²) < 4.78 is 10.3. The minimum absolute atomic E-state index is 0.232. The topological polar surface area (TPSA) is 68.7 Å². The maximum absolute atomic E-state index is 12.3. The summed E-state index contributed by atoms with van der Waals surface area (Å²) in [5.41, 5.74) is 3.22. The average molecular weight is 491 g/mol. The first-order valence-corrected chi connectivity index (χ1v) is 12.0. The number of esters is 2. The lowest BCUT2D eigenvalue weighted by molar-refractivity contribution is -0.144. The normalized spacial score (nSPS) is 11.3. The SMILES string of the molecule is COC(=O)c1ccc2nc3ccccc3c(CCCC(=O)OCCN(CCCl)CCCl)c2c1. The van der Waals surface area contributed by atoms with Crippen LogP contribution in [-0.4, -0.2) is 66.9 Å². The van der Waals surface area contributed by atoms with Gasteiger partial charge in [-0.1, -0.05) is 18.2 Å². The minimum Gasteiger partial charge on any atom is -0.465 e. The van der Waals surface area contributed by atoms with Crippen molar-refractivity contribution in [2.75, 3.05) is 45.1 Å². The monoisotopic (exact) mass is 490 g/mol. The molecule has 33 heavy (non-hydrogen) atoms. The molecule has 0 unspecified atom stereocenters. The lowest BCUT2D eigenvalue weighted by Gasteiger charge is -2.19. The number of carbonyl (C=O) groups is 2. The van der Waals surface area contributed by atoms with E-state index < -0.39 is 5.97 Å². The van der Waals surface area contributed by atoms with Gasteiger partial charge in [-0.3, -0.25) is 9.69 Å². The fourth-order valence-corrected chi connectivity index (χ4v) is 4.31. The number of nitrogens with zero attached hydrogens (tertiary/aromatic N) is 2. The Morgan fingerprint density at radius 3 is 2.42 bits per heavy atom. The highest BCUT2D eigenvalue weighted by Gasteiger charge is 2.14. The predicted octanol–water partition coefficient (Wildman–Crippen LogP) is 4.82. The molecule has 0 N–H and O–H groups in total. The van der Waals surface area contributed by atoms with Gasteiger partial charge in [-0.25, -0.2) is 9.78 Å². The molecule has 0 aliphatic carbocycles. The molecule has 0 bridgehead atoms. The average Bonchev–Trinajstić information content (AvgIpc) is 2.83. The van der Waals surface area contributed by atoms with Crippen LogP contribution in [0.2, 0.25) is 0 Å². The second kappa shape index (κ2) is 12.7. The van der Waals surface area contributed by atoms with Gasteiger partial charge < -0.3 is 9.47 Å². The Balaban J connectivity index is 1.69. The second-order valence-corrected chi connectivity index (χ2v) is 8.38. The fourth-order valence-electron chi connectivity index (χ4n) is 3.84. The van der Waals surface area contributed by atoms with Crippen molar-refractivity contribution in [3.63, 3.8) is 0 Å². The van der Waals surface area contributed by atoms with E-state index in [1.165, 1.54) is 7.11 Å². The first-order valence-electron chi connectivity index (χ1n) is 11.0.